The van der Waals surface area contributed by atoms with Crippen LogP contribution in [0.5, 0.6) is 0 Å². The minimum Gasteiger partial charge on any atom is -0.370 e. The maximum absolute atomic E-state index is 12.6. The summed E-state index contributed by atoms with van der Waals surface area (Å²) in [6, 6.07) is 6.57. The summed E-state index contributed by atoms with van der Waals surface area (Å²) < 4.78 is 37.8. The van der Waals surface area contributed by atoms with Gasteiger partial charge in [-0.15, -0.1) is 0 Å². The lowest BCUT2D eigenvalue weighted by Gasteiger charge is -2.12. The first-order valence-corrected chi connectivity index (χ1v) is 7.92. The van der Waals surface area contributed by atoms with Gasteiger partial charge in [0.15, 0.2) is 0 Å². The first-order chi connectivity index (χ1) is 11.7. The Balaban J connectivity index is 2.02. The SMILES string of the molecule is Cc1nc(NCCCN(C)C)cc(Nc2ccc(C(F)(F)F)cc2)n1. The van der Waals surface area contributed by atoms with Crippen LogP contribution in [-0.4, -0.2) is 42.1 Å². The lowest BCUT2D eigenvalue weighted by molar-refractivity contribution is -0.137. The van der Waals surface area contributed by atoms with Gasteiger partial charge in [-0.25, -0.2) is 9.97 Å². The molecule has 0 aliphatic carbocycles. The van der Waals surface area contributed by atoms with Gasteiger partial charge in [0.1, 0.15) is 17.5 Å². The van der Waals surface area contributed by atoms with Gasteiger partial charge < -0.3 is 15.5 Å². The zero-order valence-corrected chi connectivity index (χ0v) is 14.5. The molecule has 1 aromatic heterocycles. The van der Waals surface area contributed by atoms with Crippen LogP contribution in [-0.2, 0) is 6.18 Å². The van der Waals surface area contributed by atoms with E-state index in [1.54, 1.807) is 13.0 Å². The average Bonchev–Trinajstić information content (AvgIpc) is 2.50. The van der Waals surface area contributed by atoms with E-state index in [0.29, 0.717) is 23.1 Å². The highest BCUT2D eigenvalue weighted by Gasteiger charge is 2.29. The first-order valence-electron chi connectivity index (χ1n) is 7.92. The van der Waals surface area contributed by atoms with Crippen molar-refractivity contribution in [3.8, 4) is 0 Å². The summed E-state index contributed by atoms with van der Waals surface area (Å²) in [6.07, 6.45) is -3.37. The number of anilines is 3. The molecule has 0 aliphatic rings. The van der Waals surface area contributed by atoms with E-state index >= 15 is 0 Å². The van der Waals surface area contributed by atoms with Crippen LogP contribution < -0.4 is 10.6 Å². The van der Waals surface area contributed by atoms with E-state index in [-0.39, 0.29) is 0 Å². The maximum atomic E-state index is 12.6. The third-order valence-corrected chi connectivity index (χ3v) is 3.41. The number of rotatable bonds is 7. The Kier molecular flexibility index (Phi) is 6.19. The van der Waals surface area contributed by atoms with Crippen LogP contribution in [0.15, 0.2) is 30.3 Å². The molecule has 2 N–H and O–H groups in total. The normalized spacial score (nSPS) is 11.6. The van der Waals surface area contributed by atoms with Crippen molar-refractivity contribution in [2.45, 2.75) is 19.5 Å². The topological polar surface area (TPSA) is 53.1 Å². The van der Waals surface area contributed by atoms with Crippen molar-refractivity contribution in [2.24, 2.45) is 0 Å². The molecule has 0 bridgehead atoms. The Labute approximate surface area is 145 Å². The molecule has 2 aromatic rings. The summed E-state index contributed by atoms with van der Waals surface area (Å²) >= 11 is 0. The van der Waals surface area contributed by atoms with Gasteiger partial charge in [0.05, 0.1) is 5.56 Å². The summed E-state index contributed by atoms with van der Waals surface area (Å²) in [5.41, 5.74) is -0.148. The molecule has 2 rings (SSSR count). The van der Waals surface area contributed by atoms with Gasteiger partial charge in [-0.1, -0.05) is 0 Å². The van der Waals surface area contributed by atoms with E-state index in [1.165, 1.54) is 12.1 Å². The van der Waals surface area contributed by atoms with E-state index in [1.807, 2.05) is 14.1 Å². The molecule has 1 aromatic carbocycles. The molecule has 0 amide bonds. The third-order valence-electron chi connectivity index (χ3n) is 3.41. The molecule has 8 heteroatoms. The van der Waals surface area contributed by atoms with Crippen LogP contribution in [0.25, 0.3) is 0 Å². The molecule has 0 unspecified atom stereocenters. The Morgan fingerprint density at radius 1 is 1.04 bits per heavy atom. The zero-order chi connectivity index (χ0) is 18.4. The van der Waals surface area contributed by atoms with E-state index in [2.05, 4.69) is 25.5 Å². The fourth-order valence-corrected chi connectivity index (χ4v) is 2.22. The van der Waals surface area contributed by atoms with Crippen molar-refractivity contribution in [2.75, 3.05) is 37.8 Å². The number of hydrogen-bond acceptors (Lipinski definition) is 5. The molecular weight excluding hydrogens is 331 g/mol. The average molecular weight is 353 g/mol. The van der Waals surface area contributed by atoms with E-state index in [0.717, 1.165) is 31.6 Å². The molecule has 25 heavy (non-hydrogen) atoms. The fraction of sp³-hybridized carbons (Fsp3) is 0.412. The second-order valence-corrected chi connectivity index (χ2v) is 5.97. The van der Waals surface area contributed by atoms with Crippen molar-refractivity contribution < 1.29 is 13.2 Å². The van der Waals surface area contributed by atoms with Gasteiger partial charge in [-0.05, 0) is 58.3 Å². The van der Waals surface area contributed by atoms with Crippen LogP contribution in [0.2, 0.25) is 0 Å². The smallest absolute Gasteiger partial charge is 0.370 e. The molecule has 0 saturated carbocycles. The molecule has 0 saturated heterocycles. The predicted molar refractivity (Wildman–Crippen MR) is 93.2 cm³/mol. The molecule has 0 radical (unpaired) electrons. The third kappa shape index (κ3) is 6.22. The monoisotopic (exact) mass is 353 g/mol. The molecule has 136 valence electrons. The van der Waals surface area contributed by atoms with Crippen molar-refractivity contribution in [1.82, 2.24) is 14.9 Å². The van der Waals surface area contributed by atoms with Crippen molar-refractivity contribution in [3.63, 3.8) is 0 Å². The molecule has 5 nitrogen and oxygen atoms in total. The van der Waals surface area contributed by atoms with E-state index in [4.69, 9.17) is 0 Å². The van der Waals surface area contributed by atoms with Crippen LogP contribution in [0.4, 0.5) is 30.5 Å². The summed E-state index contributed by atoms with van der Waals surface area (Å²) in [4.78, 5) is 10.7. The Morgan fingerprint density at radius 3 is 2.28 bits per heavy atom. The van der Waals surface area contributed by atoms with Gasteiger partial charge >= 0.3 is 6.18 Å². The summed E-state index contributed by atoms with van der Waals surface area (Å²) in [5, 5.41) is 6.24. The number of hydrogen-bond donors (Lipinski definition) is 2. The number of halogens is 3. The summed E-state index contributed by atoms with van der Waals surface area (Å²) in [6.45, 7) is 3.50. The fourth-order valence-electron chi connectivity index (χ4n) is 2.22. The number of aryl methyl sites for hydroxylation is 1. The minimum atomic E-state index is -4.34. The van der Waals surface area contributed by atoms with Crippen LogP contribution in [0.3, 0.4) is 0 Å². The standard InChI is InChI=1S/C17H22F3N5/c1-12-22-15(21-9-4-10-25(2)3)11-16(23-12)24-14-7-5-13(6-8-14)17(18,19)20/h5-8,11H,4,9-10H2,1-3H3,(H2,21,22,23,24). The van der Waals surface area contributed by atoms with Crippen molar-refractivity contribution in [3.05, 3.63) is 41.7 Å². The summed E-state index contributed by atoms with van der Waals surface area (Å²) in [7, 11) is 4.03. The van der Waals surface area contributed by atoms with Gasteiger partial charge in [-0.2, -0.15) is 13.2 Å². The minimum absolute atomic E-state index is 0.530. The molecule has 0 aliphatic heterocycles. The Bertz CT molecular complexity index is 684. The number of nitrogens with zero attached hydrogens (tertiary/aromatic N) is 3. The van der Waals surface area contributed by atoms with Crippen LogP contribution in [0, 0.1) is 6.92 Å². The van der Waals surface area contributed by atoms with E-state index < -0.39 is 11.7 Å². The quantitative estimate of drug-likeness (QED) is 0.739. The highest BCUT2D eigenvalue weighted by atomic mass is 19.4. The number of nitrogens with one attached hydrogen (secondary N) is 2. The van der Waals surface area contributed by atoms with Crippen molar-refractivity contribution >= 4 is 17.3 Å². The van der Waals surface area contributed by atoms with E-state index in [9.17, 15) is 13.2 Å². The van der Waals surface area contributed by atoms with Crippen LogP contribution in [0.1, 0.15) is 17.8 Å². The number of aromatic nitrogens is 2. The number of benzene rings is 1. The molecule has 0 atom stereocenters. The Hall–Kier alpha value is -2.35. The first kappa shape index (κ1) is 19.0. The van der Waals surface area contributed by atoms with Crippen molar-refractivity contribution in [1.29, 1.82) is 0 Å². The largest absolute Gasteiger partial charge is 0.416 e. The summed E-state index contributed by atoms with van der Waals surface area (Å²) in [5.74, 6) is 1.79. The van der Waals surface area contributed by atoms with Gasteiger partial charge in [0.25, 0.3) is 0 Å². The highest BCUT2D eigenvalue weighted by molar-refractivity contribution is 5.59. The lowest BCUT2D eigenvalue weighted by Crippen LogP contribution is -2.16. The van der Waals surface area contributed by atoms with Gasteiger partial charge in [0.2, 0.25) is 0 Å². The predicted octanol–water partition coefficient (Wildman–Crippen LogP) is 3.91. The second-order valence-electron chi connectivity index (χ2n) is 5.97. The van der Waals surface area contributed by atoms with Gasteiger partial charge in [0, 0.05) is 18.3 Å². The molecule has 1 heterocycles. The molecule has 0 fully saturated rings. The zero-order valence-electron chi connectivity index (χ0n) is 14.5. The second kappa shape index (κ2) is 8.15. The van der Waals surface area contributed by atoms with Gasteiger partial charge in [-0.3, -0.25) is 0 Å². The lowest BCUT2D eigenvalue weighted by atomic mass is 10.2. The number of alkyl halides is 3. The Morgan fingerprint density at radius 2 is 1.68 bits per heavy atom. The van der Waals surface area contributed by atoms with Crippen LogP contribution >= 0.6 is 0 Å². The maximum Gasteiger partial charge on any atom is 0.416 e. The highest BCUT2D eigenvalue weighted by Crippen LogP contribution is 2.30. The molecule has 0 spiro atoms. The molecular formula is C17H22F3N5.